The van der Waals surface area contributed by atoms with Crippen molar-refractivity contribution in [2.75, 3.05) is 6.54 Å². The highest BCUT2D eigenvalue weighted by Gasteiger charge is 2.14. The Morgan fingerprint density at radius 2 is 2.14 bits per heavy atom. The highest BCUT2D eigenvalue weighted by molar-refractivity contribution is 5.83. The fourth-order valence-electron chi connectivity index (χ4n) is 2.22. The number of nitrogens with one attached hydrogen (secondary N) is 2. The molecule has 5 nitrogen and oxygen atoms in total. The van der Waals surface area contributed by atoms with Crippen LogP contribution in [0.2, 0.25) is 0 Å². The lowest BCUT2D eigenvalue weighted by Gasteiger charge is -2.20. The molecule has 2 aromatic rings. The van der Waals surface area contributed by atoms with Gasteiger partial charge in [0, 0.05) is 36.4 Å². The summed E-state index contributed by atoms with van der Waals surface area (Å²) in [6, 6.07) is 3.98. The van der Waals surface area contributed by atoms with Gasteiger partial charge in [0.2, 0.25) is 5.91 Å². The minimum atomic E-state index is 0.00961. The second kappa shape index (κ2) is 6.26. The monoisotopic (exact) mass is 288 g/mol. The first-order valence-electron chi connectivity index (χ1n) is 7.35. The molecule has 0 unspecified atom stereocenters. The molecule has 0 saturated heterocycles. The Labute approximate surface area is 125 Å². The molecule has 5 heteroatoms. The Morgan fingerprint density at radius 1 is 1.38 bits per heavy atom. The summed E-state index contributed by atoms with van der Waals surface area (Å²) in [6.07, 6.45) is 3.78. The topological polar surface area (TPSA) is 59.0 Å². The maximum atomic E-state index is 11.8. The Hall–Kier alpha value is -1.88. The largest absolute Gasteiger partial charge is 0.355 e. The molecule has 0 radical (unpaired) electrons. The van der Waals surface area contributed by atoms with Crippen LogP contribution in [-0.4, -0.2) is 27.5 Å². The second-order valence-electron chi connectivity index (χ2n) is 6.21. The third-order valence-electron chi connectivity index (χ3n) is 3.21. The predicted molar refractivity (Wildman–Crippen MR) is 85.0 cm³/mol. The molecule has 0 saturated carbocycles. The molecule has 0 aromatic carbocycles. The lowest BCUT2D eigenvalue weighted by Crippen LogP contribution is -2.35. The zero-order chi connectivity index (χ0) is 15.5. The first-order valence-corrected chi connectivity index (χ1v) is 7.35. The number of carbonyl (C=O) groups is 1. The second-order valence-corrected chi connectivity index (χ2v) is 6.21. The Kier molecular flexibility index (Phi) is 4.63. The van der Waals surface area contributed by atoms with Crippen molar-refractivity contribution in [2.45, 2.75) is 46.3 Å². The van der Waals surface area contributed by atoms with E-state index in [1.807, 2.05) is 23.8 Å². The molecular weight excluding hydrogens is 264 g/mol. The number of rotatable bonds is 5. The Morgan fingerprint density at radius 3 is 2.81 bits per heavy atom. The van der Waals surface area contributed by atoms with Gasteiger partial charge in [0.25, 0.3) is 0 Å². The van der Waals surface area contributed by atoms with Gasteiger partial charge in [-0.3, -0.25) is 4.79 Å². The number of fused-ring (bicyclic) bond motifs is 1. The number of amides is 1. The highest BCUT2D eigenvalue weighted by Crippen LogP contribution is 2.20. The molecule has 0 bridgehead atoms. The standard InChI is InChI=1S/C16H24N4O/c1-5-17-14(21)11-20-10-12(9-19-16(2,3)4)13-7-6-8-18-15(13)20/h6-8,10,19H,5,9,11H2,1-4H3,(H,17,21). The van der Waals surface area contributed by atoms with Gasteiger partial charge in [0.05, 0.1) is 0 Å². The molecule has 2 heterocycles. The predicted octanol–water partition coefficient (Wildman–Crippen LogP) is 2.06. The average molecular weight is 288 g/mol. The maximum absolute atomic E-state index is 11.8. The van der Waals surface area contributed by atoms with E-state index in [-0.39, 0.29) is 11.4 Å². The third-order valence-corrected chi connectivity index (χ3v) is 3.21. The van der Waals surface area contributed by atoms with E-state index in [1.54, 1.807) is 6.20 Å². The van der Waals surface area contributed by atoms with Crippen molar-refractivity contribution >= 4 is 16.9 Å². The zero-order valence-corrected chi connectivity index (χ0v) is 13.2. The quantitative estimate of drug-likeness (QED) is 0.885. The molecule has 0 spiro atoms. The molecule has 0 fully saturated rings. The molecular formula is C16H24N4O. The number of nitrogens with zero attached hydrogens (tertiary/aromatic N) is 2. The lowest BCUT2D eigenvalue weighted by molar-refractivity contribution is -0.121. The summed E-state index contributed by atoms with van der Waals surface area (Å²) in [5, 5.41) is 7.40. The van der Waals surface area contributed by atoms with Crippen LogP contribution in [0.5, 0.6) is 0 Å². The fourth-order valence-corrected chi connectivity index (χ4v) is 2.22. The molecule has 2 aromatic heterocycles. The smallest absolute Gasteiger partial charge is 0.239 e. The van der Waals surface area contributed by atoms with E-state index < -0.39 is 0 Å². The molecule has 2 N–H and O–H groups in total. The van der Waals surface area contributed by atoms with Crippen LogP contribution in [0.1, 0.15) is 33.3 Å². The van der Waals surface area contributed by atoms with Crippen LogP contribution in [0.3, 0.4) is 0 Å². The summed E-state index contributed by atoms with van der Waals surface area (Å²) in [4.78, 5) is 16.2. The van der Waals surface area contributed by atoms with E-state index in [2.05, 4.69) is 42.5 Å². The van der Waals surface area contributed by atoms with Crippen molar-refractivity contribution in [2.24, 2.45) is 0 Å². The van der Waals surface area contributed by atoms with Gasteiger partial charge >= 0.3 is 0 Å². The summed E-state index contributed by atoms with van der Waals surface area (Å²) in [5.74, 6) is 0.00961. The number of hydrogen-bond donors (Lipinski definition) is 2. The van der Waals surface area contributed by atoms with Crippen LogP contribution in [0, 0.1) is 0 Å². The van der Waals surface area contributed by atoms with Gasteiger partial charge in [-0.15, -0.1) is 0 Å². The average Bonchev–Trinajstić information content (AvgIpc) is 2.75. The minimum absolute atomic E-state index is 0.00961. The summed E-state index contributed by atoms with van der Waals surface area (Å²) >= 11 is 0. The highest BCUT2D eigenvalue weighted by atomic mass is 16.1. The molecule has 2 rings (SSSR count). The van der Waals surface area contributed by atoms with Gasteiger partial charge in [0.15, 0.2) is 0 Å². The van der Waals surface area contributed by atoms with Crippen LogP contribution in [0.15, 0.2) is 24.5 Å². The first kappa shape index (κ1) is 15.5. The van der Waals surface area contributed by atoms with Gasteiger partial charge in [-0.25, -0.2) is 4.98 Å². The van der Waals surface area contributed by atoms with Gasteiger partial charge in [0.1, 0.15) is 12.2 Å². The zero-order valence-electron chi connectivity index (χ0n) is 13.2. The third kappa shape index (κ3) is 4.04. The van der Waals surface area contributed by atoms with Crippen molar-refractivity contribution in [3.8, 4) is 0 Å². The summed E-state index contributed by atoms with van der Waals surface area (Å²) in [5.41, 5.74) is 2.07. The number of likely N-dealkylation sites (N-methyl/N-ethyl adjacent to an activating group) is 1. The summed E-state index contributed by atoms with van der Waals surface area (Å²) < 4.78 is 1.92. The van der Waals surface area contributed by atoms with Crippen molar-refractivity contribution in [3.63, 3.8) is 0 Å². The van der Waals surface area contributed by atoms with Gasteiger partial charge in [-0.1, -0.05) is 0 Å². The van der Waals surface area contributed by atoms with Crippen LogP contribution in [0.4, 0.5) is 0 Å². The van der Waals surface area contributed by atoms with Crippen molar-refractivity contribution in [3.05, 3.63) is 30.1 Å². The molecule has 0 aliphatic heterocycles. The number of carbonyl (C=O) groups excluding carboxylic acids is 1. The van der Waals surface area contributed by atoms with Gasteiger partial charge in [-0.2, -0.15) is 0 Å². The Balaban J connectivity index is 2.28. The normalized spacial score (nSPS) is 11.8. The van der Waals surface area contributed by atoms with Crippen LogP contribution >= 0.6 is 0 Å². The van der Waals surface area contributed by atoms with Crippen molar-refractivity contribution < 1.29 is 4.79 Å². The van der Waals surface area contributed by atoms with E-state index in [9.17, 15) is 4.79 Å². The SMILES string of the molecule is CCNC(=O)Cn1cc(CNC(C)(C)C)c2cccnc21. The molecule has 0 atom stereocenters. The number of aromatic nitrogens is 2. The maximum Gasteiger partial charge on any atom is 0.239 e. The Bertz CT molecular complexity index is 625. The lowest BCUT2D eigenvalue weighted by atomic mass is 10.1. The molecule has 21 heavy (non-hydrogen) atoms. The summed E-state index contributed by atoms with van der Waals surface area (Å²) in [7, 11) is 0. The van der Waals surface area contributed by atoms with E-state index in [1.165, 1.54) is 0 Å². The van der Waals surface area contributed by atoms with Gasteiger partial charge in [-0.05, 0) is 45.4 Å². The van der Waals surface area contributed by atoms with E-state index >= 15 is 0 Å². The summed E-state index contributed by atoms with van der Waals surface area (Å²) in [6.45, 7) is 10.0. The fraction of sp³-hybridized carbons (Fsp3) is 0.500. The number of hydrogen-bond acceptors (Lipinski definition) is 3. The van der Waals surface area contributed by atoms with E-state index in [0.29, 0.717) is 13.1 Å². The minimum Gasteiger partial charge on any atom is -0.355 e. The molecule has 1 amide bonds. The number of pyridine rings is 1. The van der Waals surface area contributed by atoms with Crippen LogP contribution in [-0.2, 0) is 17.9 Å². The first-order chi connectivity index (χ1) is 9.90. The van der Waals surface area contributed by atoms with Crippen molar-refractivity contribution in [1.82, 2.24) is 20.2 Å². The van der Waals surface area contributed by atoms with E-state index in [4.69, 9.17) is 0 Å². The molecule has 0 aliphatic rings. The molecule has 0 aliphatic carbocycles. The van der Waals surface area contributed by atoms with Crippen LogP contribution in [0.25, 0.3) is 11.0 Å². The van der Waals surface area contributed by atoms with Crippen molar-refractivity contribution in [1.29, 1.82) is 0 Å². The molecule has 114 valence electrons. The van der Waals surface area contributed by atoms with E-state index in [0.717, 1.165) is 23.1 Å². The van der Waals surface area contributed by atoms with Gasteiger partial charge < -0.3 is 15.2 Å². The van der Waals surface area contributed by atoms with Crippen LogP contribution < -0.4 is 10.6 Å².